The third-order valence-corrected chi connectivity index (χ3v) is 5.53. The minimum Gasteiger partial charge on any atom is -0.495 e. The van der Waals surface area contributed by atoms with Gasteiger partial charge in [-0.05, 0) is 63.2 Å². The monoisotopic (exact) mass is 474 g/mol. The van der Waals surface area contributed by atoms with Crippen LogP contribution in [0.2, 0.25) is 0 Å². The molecule has 0 atom stereocenters. The second-order valence-electron chi connectivity index (χ2n) is 7.83. The van der Waals surface area contributed by atoms with Gasteiger partial charge >= 0.3 is 6.09 Å². The van der Waals surface area contributed by atoms with Crippen molar-refractivity contribution in [2.75, 3.05) is 24.3 Å². The molecule has 0 radical (unpaired) electrons. The van der Waals surface area contributed by atoms with Crippen LogP contribution in [-0.2, 0) is 14.8 Å². The molecule has 0 aromatic heterocycles. The smallest absolute Gasteiger partial charge is 0.412 e. The van der Waals surface area contributed by atoms with Gasteiger partial charge in [-0.2, -0.15) is 5.26 Å². The lowest BCUT2D eigenvalue weighted by Crippen LogP contribution is -2.27. The summed E-state index contributed by atoms with van der Waals surface area (Å²) in [7, 11) is -2.33. The predicted octanol–water partition coefficient (Wildman–Crippen LogP) is 3.49. The standard InChI is InChI=1S/C22H26N4O6S/c1-22(2,3)32-21(28)26-18-14-16(8-11-19(18)31-4)25-20(27)15-6-9-17(10-7-15)33(29,30)24-13-5-12-23/h6-11,14,24H,5,13H2,1-4H3,(H,25,27)(H,26,28). The maximum atomic E-state index is 12.6. The summed E-state index contributed by atoms with van der Waals surface area (Å²) in [5, 5.41) is 13.8. The highest BCUT2D eigenvalue weighted by Gasteiger charge is 2.18. The Kier molecular flexibility index (Phi) is 8.39. The summed E-state index contributed by atoms with van der Waals surface area (Å²) in [6.07, 6.45) is -0.628. The average molecular weight is 475 g/mol. The van der Waals surface area contributed by atoms with Gasteiger partial charge in [-0.25, -0.2) is 17.9 Å². The van der Waals surface area contributed by atoms with E-state index in [1.54, 1.807) is 32.9 Å². The van der Waals surface area contributed by atoms with Gasteiger partial charge in [0, 0.05) is 24.2 Å². The number of benzene rings is 2. The van der Waals surface area contributed by atoms with E-state index in [1.165, 1.54) is 37.4 Å². The summed E-state index contributed by atoms with van der Waals surface area (Å²) >= 11 is 0. The van der Waals surface area contributed by atoms with Crippen LogP contribution in [-0.4, -0.2) is 39.7 Å². The van der Waals surface area contributed by atoms with Gasteiger partial charge in [0.25, 0.3) is 5.91 Å². The van der Waals surface area contributed by atoms with Crippen molar-refractivity contribution in [3.8, 4) is 11.8 Å². The van der Waals surface area contributed by atoms with Crippen molar-refractivity contribution in [2.45, 2.75) is 37.7 Å². The fraction of sp³-hybridized carbons (Fsp3) is 0.318. The SMILES string of the molecule is COc1ccc(NC(=O)c2ccc(S(=O)(=O)NCCC#N)cc2)cc1NC(=O)OC(C)(C)C. The zero-order valence-corrected chi connectivity index (χ0v) is 19.6. The number of ether oxygens (including phenoxy) is 2. The molecule has 0 aliphatic rings. The number of rotatable bonds is 8. The van der Waals surface area contributed by atoms with E-state index in [9.17, 15) is 18.0 Å². The van der Waals surface area contributed by atoms with Crippen molar-refractivity contribution in [2.24, 2.45) is 0 Å². The van der Waals surface area contributed by atoms with Crippen LogP contribution in [0.4, 0.5) is 16.2 Å². The molecule has 0 unspecified atom stereocenters. The maximum Gasteiger partial charge on any atom is 0.412 e. The molecule has 3 N–H and O–H groups in total. The third-order valence-electron chi connectivity index (χ3n) is 4.05. The zero-order chi connectivity index (χ0) is 24.6. The van der Waals surface area contributed by atoms with E-state index < -0.39 is 27.6 Å². The largest absolute Gasteiger partial charge is 0.495 e. The van der Waals surface area contributed by atoms with Gasteiger partial charge < -0.3 is 14.8 Å². The molecule has 176 valence electrons. The topological polar surface area (TPSA) is 147 Å². The van der Waals surface area contributed by atoms with Crippen LogP contribution >= 0.6 is 0 Å². The molecule has 2 aromatic carbocycles. The van der Waals surface area contributed by atoms with Crippen molar-refractivity contribution < 1.29 is 27.5 Å². The second kappa shape index (κ2) is 10.8. The van der Waals surface area contributed by atoms with Crippen LogP contribution in [0.25, 0.3) is 0 Å². The van der Waals surface area contributed by atoms with E-state index in [-0.39, 0.29) is 23.4 Å². The molecule has 0 bridgehead atoms. The molecular formula is C22H26N4O6S. The normalized spacial score (nSPS) is 11.2. The molecular weight excluding hydrogens is 448 g/mol. The highest BCUT2D eigenvalue weighted by molar-refractivity contribution is 7.89. The first-order chi connectivity index (χ1) is 15.4. The first kappa shape index (κ1) is 25.6. The molecule has 10 nitrogen and oxygen atoms in total. The minimum atomic E-state index is -3.77. The van der Waals surface area contributed by atoms with Crippen molar-refractivity contribution in [1.29, 1.82) is 5.26 Å². The van der Waals surface area contributed by atoms with Crippen molar-refractivity contribution in [3.05, 3.63) is 48.0 Å². The minimum absolute atomic E-state index is 0.00178. The van der Waals surface area contributed by atoms with Gasteiger partial charge in [0.05, 0.1) is 23.8 Å². The molecule has 0 aliphatic heterocycles. The molecule has 0 aliphatic carbocycles. The van der Waals surface area contributed by atoms with E-state index in [2.05, 4.69) is 15.4 Å². The van der Waals surface area contributed by atoms with Gasteiger partial charge in [-0.15, -0.1) is 0 Å². The Morgan fingerprint density at radius 2 is 1.73 bits per heavy atom. The van der Waals surface area contributed by atoms with Gasteiger partial charge in [0.1, 0.15) is 11.4 Å². The third kappa shape index (κ3) is 7.78. The number of hydrogen-bond acceptors (Lipinski definition) is 7. The first-order valence-corrected chi connectivity index (χ1v) is 11.4. The lowest BCUT2D eigenvalue weighted by Gasteiger charge is -2.20. The second-order valence-corrected chi connectivity index (χ2v) is 9.59. The maximum absolute atomic E-state index is 12.6. The number of hydrogen-bond donors (Lipinski definition) is 3. The number of nitrogens with zero attached hydrogens (tertiary/aromatic N) is 1. The summed E-state index contributed by atoms with van der Waals surface area (Å²) in [6, 6.07) is 11.9. The predicted molar refractivity (Wildman–Crippen MR) is 123 cm³/mol. The molecule has 0 fully saturated rings. The number of sulfonamides is 1. The van der Waals surface area contributed by atoms with E-state index in [4.69, 9.17) is 14.7 Å². The highest BCUT2D eigenvalue weighted by atomic mass is 32.2. The Labute approximate surface area is 192 Å². The Morgan fingerprint density at radius 3 is 2.30 bits per heavy atom. The van der Waals surface area contributed by atoms with E-state index in [0.717, 1.165) is 0 Å². The first-order valence-electron chi connectivity index (χ1n) is 9.91. The van der Waals surface area contributed by atoms with Gasteiger partial charge in [0.2, 0.25) is 10.0 Å². The van der Waals surface area contributed by atoms with Crippen LogP contribution in [0.15, 0.2) is 47.4 Å². The van der Waals surface area contributed by atoms with E-state index in [0.29, 0.717) is 17.1 Å². The number of amides is 2. The number of carbonyl (C=O) groups excluding carboxylic acids is 2. The molecule has 11 heteroatoms. The number of nitrogens with one attached hydrogen (secondary N) is 3. The fourth-order valence-corrected chi connectivity index (χ4v) is 3.64. The molecule has 0 saturated carbocycles. The summed E-state index contributed by atoms with van der Waals surface area (Å²) in [6.45, 7) is 5.20. The van der Waals surface area contributed by atoms with E-state index in [1.807, 2.05) is 6.07 Å². The van der Waals surface area contributed by atoms with Gasteiger partial charge in [0.15, 0.2) is 0 Å². The van der Waals surface area contributed by atoms with Crippen molar-refractivity contribution >= 4 is 33.4 Å². The Bertz CT molecular complexity index is 1150. The lowest BCUT2D eigenvalue weighted by molar-refractivity contribution is 0.0635. The summed E-state index contributed by atoms with van der Waals surface area (Å²) in [5.41, 5.74) is 0.216. The average Bonchev–Trinajstić information content (AvgIpc) is 2.73. The summed E-state index contributed by atoms with van der Waals surface area (Å²) in [4.78, 5) is 24.7. The lowest BCUT2D eigenvalue weighted by atomic mass is 10.2. The molecule has 0 saturated heterocycles. The Morgan fingerprint density at radius 1 is 1.06 bits per heavy atom. The van der Waals surface area contributed by atoms with Gasteiger partial charge in [-0.1, -0.05) is 0 Å². The number of nitriles is 1. The van der Waals surface area contributed by atoms with Crippen LogP contribution < -0.4 is 20.1 Å². The zero-order valence-electron chi connectivity index (χ0n) is 18.8. The van der Waals surface area contributed by atoms with Gasteiger partial charge in [-0.3, -0.25) is 10.1 Å². The number of methoxy groups -OCH3 is 1. The molecule has 2 aromatic rings. The highest BCUT2D eigenvalue weighted by Crippen LogP contribution is 2.28. The summed E-state index contributed by atoms with van der Waals surface area (Å²) < 4.78 is 37.1. The molecule has 33 heavy (non-hydrogen) atoms. The van der Waals surface area contributed by atoms with Crippen molar-refractivity contribution in [1.82, 2.24) is 4.72 Å². The number of anilines is 2. The quantitative estimate of drug-likeness (QED) is 0.496. The molecule has 2 rings (SSSR count). The molecule has 0 heterocycles. The number of carbonyl (C=O) groups is 2. The molecule has 2 amide bonds. The van der Waals surface area contributed by atoms with Crippen LogP contribution in [0, 0.1) is 11.3 Å². The van der Waals surface area contributed by atoms with Crippen molar-refractivity contribution in [3.63, 3.8) is 0 Å². The fourth-order valence-electron chi connectivity index (χ4n) is 2.61. The Hall–Kier alpha value is -3.62. The molecule has 0 spiro atoms. The summed E-state index contributed by atoms with van der Waals surface area (Å²) in [5.74, 6) is -0.109. The van der Waals surface area contributed by atoms with Crippen LogP contribution in [0.5, 0.6) is 5.75 Å². The Balaban J connectivity index is 2.13. The van der Waals surface area contributed by atoms with Crippen LogP contribution in [0.3, 0.4) is 0 Å². The van der Waals surface area contributed by atoms with E-state index >= 15 is 0 Å². The van der Waals surface area contributed by atoms with Crippen LogP contribution in [0.1, 0.15) is 37.6 Å².